The fourth-order valence-corrected chi connectivity index (χ4v) is 5.56. The molecule has 0 aromatic heterocycles. The predicted octanol–water partition coefficient (Wildman–Crippen LogP) is 4.12. The Bertz CT molecular complexity index is 654. The number of piperidine rings is 2. The first kappa shape index (κ1) is 20.9. The lowest BCUT2D eigenvalue weighted by Crippen LogP contribution is -2.49. The van der Waals surface area contributed by atoms with Gasteiger partial charge in [-0.15, -0.1) is 0 Å². The number of likely N-dealkylation sites (tertiary alicyclic amines) is 2. The summed E-state index contributed by atoms with van der Waals surface area (Å²) in [6.07, 6.45) is 10.9. The van der Waals surface area contributed by atoms with E-state index in [0.717, 1.165) is 32.5 Å². The van der Waals surface area contributed by atoms with Gasteiger partial charge in [0.1, 0.15) is 0 Å². The van der Waals surface area contributed by atoms with Crippen molar-refractivity contribution in [1.29, 1.82) is 0 Å². The molecular weight excluding hydrogens is 358 g/mol. The van der Waals surface area contributed by atoms with Gasteiger partial charge in [-0.1, -0.05) is 43.5 Å². The zero-order valence-corrected chi connectivity index (χ0v) is 18.2. The van der Waals surface area contributed by atoms with Gasteiger partial charge < -0.3 is 10.2 Å². The van der Waals surface area contributed by atoms with Crippen LogP contribution in [0.25, 0.3) is 0 Å². The highest BCUT2D eigenvalue weighted by atomic mass is 16.1. The average Bonchev–Trinajstić information content (AvgIpc) is 2.77. The smallest absolute Gasteiger partial charge is 0.223 e. The molecule has 1 N–H and O–H groups in total. The lowest BCUT2D eigenvalue weighted by atomic mass is 9.91. The first-order valence-corrected chi connectivity index (χ1v) is 12.0. The van der Waals surface area contributed by atoms with Crippen LogP contribution < -0.4 is 5.32 Å². The molecule has 1 amide bonds. The Labute approximate surface area is 177 Å². The first-order valence-electron chi connectivity index (χ1n) is 12.0. The Morgan fingerprint density at radius 2 is 1.62 bits per heavy atom. The number of aryl methyl sites for hydroxylation is 1. The molecule has 0 radical (unpaired) electrons. The Kier molecular flexibility index (Phi) is 7.25. The third-order valence-electron chi connectivity index (χ3n) is 7.58. The van der Waals surface area contributed by atoms with E-state index in [1.54, 1.807) is 0 Å². The van der Waals surface area contributed by atoms with E-state index in [4.69, 9.17) is 0 Å². The number of benzene rings is 1. The maximum absolute atomic E-state index is 12.7. The normalized spacial score (nSPS) is 23.9. The van der Waals surface area contributed by atoms with Gasteiger partial charge in [0.15, 0.2) is 0 Å². The maximum Gasteiger partial charge on any atom is 0.223 e. The van der Waals surface area contributed by atoms with Crippen LogP contribution in [0.1, 0.15) is 68.9 Å². The summed E-state index contributed by atoms with van der Waals surface area (Å²) in [5.74, 6) is 0.582. The Hall–Kier alpha value is -1.39. The molecule has 4 rings (SSSR count). The van der Waals surface area contributed by atoms with Crippen molar-refractivity contribution >= 4 is 5.91 Å². The number of nitrogens with zero attached hydrogens (tertiary/aromatic N) is 2. The molecule has 0 atom stereocenters. The second kappa shape index (κ2) is 10.1. The lowest BCUT2D eigenvalue weighted by molar-refractivity contribution is -0.127. The zero-order valence-electron chi connectivity index (χ0n) is 18.2. The lowest BCUT2D eigenvalue weighted by Gasteiger charge is -2.41. The molecule has 160 valence electrons. The average molecular weight is 398 g/mol. The van der Waals surface area contributed by atoms with E-state index >= 15 is 0 Å². The Morgan fingerprint density at radius 3 is 2.31 bits per heavy atom. The van der Waals surface area contributed by atoms with Crippen LogP contribution in [0.15, 0.2) is 24.3 Å². The van der Waals surface area contributed by atoms with Gasteiger partial charge in [-0.05, 0) is 82.8 Å². The SMILES string of the molecule is Cc1ccccc1CN1CCC(N2CCC(C(=O)NC3CCCCC3)CC2)CC1. The van der Waals surface area contributed by atoms with Crippen LogP contribution in [0.4, 0.5) is 0 Å². The van der Waals surface area contributed by atoms with Crippen LogP contribution in [0, 0.1) is 12.8 Å². The molecule has 2 saturated heterocycles. The summed E-state index contributed by atoms with van der Waals surface area (Å²) in [5, 5.41) is 3.35. The van der Waals surface area contributed by atoms with E-state index in [1.807, 2.05) is 0 Å². The fraction of sp³-hybridized carbons (Fsp3) is 0.720. The standard InChI is InChI=1S/C25H39N3O/c1-20-7-5-6-8-22(20)19-27-15-13-24(14-16-27)28-17-11-21(12-18-28)25(29)26-23-9-3-2-4-10-23/h5-8,21,23-24H,2-4,9-19H2,1H3,(H,26,29). The van der Waals surface area contributed by atoms with Gasteiger partial charge in [0, 0.05) is 24.5 Å². The molecular formula is C25H39N3O. The monoisotopic (exact) mass is 397 g/mol. The van der Waals surface area contributed by atoms with Gasteiger partial charge in [0.05, 0.1) is 0 Å². The zero-order chi connectivity index (χ0) is 20.1. The van der Waals surface area contributed by atoms with Gasteiger partial charge in [0.2, 0.25) is 5.91 Å². The van der Waals surface area contributed by atoms with E-state index in [0.29, 0.717) is 18.0 Å². The molecule has 4 nitrogen and oxygen atoms in total. The van der Waals surface area contributed by atoms with Crippen molar-refractivity contribution in [3.63, 3.8) is 0 Å². The van der Waals surface area contributed by atoms with Gasteiger partial charge in [-0.3, -0.25) is 9.69 Å². The van der Waals surface area contributed by atoms with Crippen LogP contribution in [-0.4, -0.2) is 54.0 Å². The molecule has 3 fully saturated rings. The summed E-state index contributed by atoms with van der Waals surface area (Å²) in [6.45, 7) is 7.90. The number of hydrogen-bond donors (Lipinski definition) is 1. The van der Waals surface area contributed by atoms with Crippen molar-refractivity contribution in [3.05, 3.63) is 35.4 Å². The highest BCUT2D eigenvalue weighted by Gasteiger charge is 2.31. The van der Waals surface area contributed by atoms with Crippen molar-refractivity contribution < 1.29 is 4.79 Å². The van der Waals surface area contributed by atoms with Gasteiger partial charge in [0.25, 0.3) is 0 Å². The quantitative estimate of drug-likeness (QED) is 0.812. The minimum atomic E-state index is 0.245. The summed E-state index contributed by atoms with van der Waals surface area (Å²) < 4.78 is 0. The molecule has 0 spiro atoms. The first-order chi connectivity index (χ1) is 14.2. The maximum atomic E-state index is 12.7. The fourth-order valence-electron chi connectivity index (χ4n) is 5.56. The minimum absolute atomic E-state index is 0.245. The summed E-state index contributed by atoms with van der Waals surface area (Å²) in [4.78, 5) is 17.9. The van der Waals surface area contributed by atoms with Crippen LogP contribution in [0.2, 0.25) is 0 Å². The number of amides is 1. The summed E-state index contributed by atoms with van der Waals surface area (Å²) >= 11 is 0. The number of hydrogen-bond acceptors (Lipinski definition) is 3. The second-order valence-corrected chi connectivity index (χ2v) is 9.59. The highest BCUT2D eigenvalue weighted by Crippen LogP contribution is 2.26. The summed E-state index contributed by atoms with van der Waals surface area (Å²) in [7, 11) is 0. The molecule has 4 heteroatoms. The van der Waals surface area contributed by atoms with Gasteiger partial charge in [-0.2, -0.15) is 0 Å². The second-order valence-electron chi connectivity index (χ2n) is 9.59. The topological polar surface area (TPSA) is 35.6 Å². The summed E-state index contributed by atoms with van der Waals surface area (Å²) in [5.41, 5.74) is 2.87. The van der Waals surface area contributed by atoms with E-state index in [1.165, 1.54) is 69.2 Å². The van der Waals surface area contributed by atoms with Gasteiger partial charge in [-0.25, -0.2) is 0 Å². The van der Waals surface area contributed by atoms with Crippen LogP contribution >= 0.6 is 0 Å². The Morgan fingerprint density at radius 1 is 0.931 bits per heavy atom. The molecule has 2 heterocycles. The van der Waals surface area contributed by atoms with Crippen LogP contribution in [0.5, 0.6) is 0 Å². The molecule has 2 aliphatic heterocycles. The molecule has 1 saturated carbocycles. The molecule has 1 aromatic rings. The van der Waals surface area contributed by atoms with E-state index in [-0.39, 0.29) is 5.92 Å². The van der Waals surface area contributed by atoms with E-state index in [9.17, 15) is 4.79 Å². The minimum Gasteiger partial charge on any atom is -0.353 e. The molecule has 1 aromatic carbocycles. The Balaban J connectivity index is 1.18. The van der Waals surface area contributed by atoms with Crippen molar-refractivity contribution in [1.82, 2.24) is 15.1 Å². The third kappa shape index (κ3) is 5.61. The predicted molar refractivity (Wildman–Crippen MR) is 119 cm³/mol. The number of rotatable bonds is 5. The summed E-state index contributed by atoms with van der Waals surface area (Å²) in [6, 6.07) is 9.94. The number of carbonyl (C=O) groups excluding carboxylic acids is 1. The number of carbonyl (C=O) groups is 1. The van der Waals surface area contributed by atoms with Crippen molar-refractivity contribution in [3.8, 4) is 0 Å². The molecule has 0 bridgehead atoms. The van der Waals surface area contributed by atoms with E-state index in [2.05, 4.69) is 46.3 Å². The molecule has 3 aliphatic rings. The van der Waals surface area contributed by atoms with Crippen molar-refractivity contribution in [2.75, 3.05) is 26.2 Å². The molecule has 29 heavy (non-hydrogen) atoms. The van der Waals surface area contributed by atoms with Gasteiger partial charge >= 0.3 is 0 Å². The molecule has 0 unspecified atom stereocenters. The van der Waals surface area contributed by atoms with Crippen molar-refractivity contribution in [2.24, 2.45) is 5.92 Å². The van der Waals surface area contributed by atoms with Crippen LogP contribution in [0.3, 0.4) is 0 Å². The van der Waals surface area contributed by atoms with Crippen molar-refractivity contribution in [2.45, 2.75) is 83.3 Å². The van der Waals surface area contributed by atoms with Crippen LogP contribution in [-0.2, 0) is 11.3 Å². The third-order valence-corrected chi connectivity index (χ3v) is 7.58. The largest absolute Gasteiger partial charge is 0.353 e. The highest BCUT2D eigenvalue weighted by molar-refractivity contribution is 5.79. The number of nitrogens with one attached hydrogen (secondary N) is 1. The van der Waals surface area contributed by atoms with E-state index < -0.39 is 0 Å². The molecule has 1 aliphatic carbocycles.